The molecule has 2 aromatic carbocycles. The van der Waals surface area contributed by atoms with E-state index in [2.05, 4.69) is 39.9 Å². The van der Waals surface area contributed by atoms with Gasteiger partial charge in [-0.1, -0.05) is 36.4 Å². The van der Waals surface area contributed by atoms with E-state index in [1.165, 1.54) is 15.8 Å². The molecule has 0 spiro atoms. The first-order valence-electron chi connectivity index (χ1n) is 9.78. The van der Waals surface area contributed by atoms with Crippen LogP contribution in [0.5, 0.6) is 0 Å². The average Bonchev–Trinajstić information content (AvgIpc) is 3.32. The fourth-order valence-electron chi connectivity index (χ4n) is 3.96. The third-order valence-corrected chi connectivity index (χ3v) is 6.48. The Kier molecular flexibility index (Phi) is 6.00. The topological polar surface area (TPSA) is 74.2 Å². The highest BCUT2D eigenvalue weighted by Gasteiger charge is 2.29. The van der Waals surface area contributed by atoms with Gasteiger partial charge < -0.3 is 15.7 Å². The van der Waals surface area contributed by atoms with E-state index in [1.807, 2.05) is 24.3 Å². The highest BCUT2D eigenvalue weighted by atomic mass is 32.1. The minimum atomic E-state index is -0.0985. The minimum absolute atomic E-state index is 0.0258. The van der Waals surface area contributed by atoms with E-state index in [-0.39, 0.29) is 31.0 Å². The SMILES string of the molecule is O=C(CNC(CO)C1CCc2ccccc21)NCCc1nc2ccccc2s1. The summed E-state index contributed by atoms with van der Waals surface area (Å²) in [7, 11) is 0. The van der Waals surface area contributed by atoms with Crippen LogP contribution in [0.2, 0.25) is 0 Å². The molecule has 1 amide bonds. The summed E-state index contributed by atoms with van der Waals surface area (Å²) in [6.45, 7) is 0.804. The third kappa shape index (κ3) is 4.24. The first kappa shape index (κ1) is 19.1. The molecule has 146 valence electrons. The Balaban J connectivity index is 1.24. The molecule has 4 rings (SSSR count). The van der Waals surface area contributed by atoms with Crippen molar-refractivity contribution >= 4 is 27.5 Å². The standard InChI is InChI=1S/C22H25N3O2S/c26-14-19(17-10-9-15-5-1-2-6-16(15)17)24-13-21(27)23-12-11-22-25-18-7-3-4-8-20(18)28-22/h1-8,17,19,24,26H,9-14H2,(H,23,27). The molecule has 0 radical (unpaired) electrons. The van der Waals surface area contributed by atoms with Crippen LogP contribution in [-0.4, -0.2) is 41.7 Å². The summed E-state index contributed by atoms with van der Waals surface area (Å²) < 4.78 is 1.17. The van der Waals surface area contributed by atoms with E-state index in [0.29, 0.717) is 6.54 Å². The van der Waals surface area contributed by atoms with Gasteiger partial charge in [-0.15, -0.1) is 11.3 Å². The number of fused-ring (bicyclic) bond motifs is 2. The Labute approximate surface area is 168 Å². The van der Waals surface area contributed by atoms with Gasteiger partial charge in [-0.05, 0) is 36.1 Å². The molecular formula is C22H25N3O2S. The van der Waals surface area contributed by atoms with Crippen molar-refractivity contribution in [3.8, 4) is 0 Å². The number of nitrogens with zero attached hydrogens (tertiary/aromatic N) is 1. The first-order chi connectivity index (χ1) is 13.7. The maximum atomic E-state index is 12.2. The lowest BCUT2D eigenvalue weighted by molar-refractivity contribution is -0.120. The quantitative estimate of drug-likeness (QED) is 0.548. The Hall–Kier alpha value is -2.28. The van der Waals surface area contributed by atoms with E-state index >= 15 is 0 Å². The van der Waals surface area contributed by atoms with Crippen LogP contribution in [-0.2, 0) is 17.6 Å². The number of rotatable bonds is 8. The summed E-state index contributed by atoms with van der Waals surface area (Å²) in [4.78, 5) is 16.8. The second-order valence-corrected chi connectivity index (χ2v) is 8.30. The summed E-state index contributed by atoms with van der Waals surface area (Å²) in [6, 6.07) is 16.4. The zero-order chi connectivity index (χ0) is 19.3. The van der Waals surface area contributed by atoms with E-state index in [1.54, 1.807) is 11.3 Å². The van der Waals surface area contributed by atoms with E-state index in [0.717, 1.165) is 29.8 Å². The Morgan fingerprint density at radius 2 is 2.04 bits per heavy atom. The molecule has 1 heterocycles. The molecule has 0 aliphatic heterocycles. The number of amides is 1. The van der Waals surface area contributed by atoms with Crippen molar-refractivity contribution in [2.45, 2.75) is 31.2 Å². The molecule has 0 saturated carbocycles. The molecule has 1 aromatic heterocycles. The van der Waals surface area contributed by atoms with Crippen LogP contribution < -0.4 is 10.6 Å². The fraction of sp³-hybridized carbons (Fsp3) is 0.364. The van der Waals surface area contributed by atoms with Crippen LogP contribution in [0.3, 0.4) is 0 Å². The van der Waals surface area contributed by atoms with Crippen LogP contribution in [0.15, 0.2) is 48.5 Å². The van der Waals surface area contributed by atoms with Gasteiger partial charge in [-0.3, -0.25) is 4.79 Å². The molecule has 6 heteroatoms. The largest absolute Gasteiger partial charge is 0.395 e. The number of hydrogen-bond donors (Lipinski definition) is 3. The summed E-state index contributed by atoms with van der Waals surface area (Å²) >= 11 is 1.67. The van der Waals surface area contributed by atoms with Crippen LogP contribution in [0.25, 0.3) is 10.2 Å². The lowest BCUT2D eigenvalue weighted by Crippen LogP contribution is -2.43. The number of benzene rings is 2. The zero-order valence-electron chi connectivity index (χ0n) is 15.7. The smallest absolute Gasteiger partial charge is 0.233 e. The third-order valence-electron chi connectivity index (χ3n) is 5.39. The molecule has 28 heavy (non-hydrogen) atoms. The number of carbonyl (C=O) groups is 1. The molecule has 0 bridgehead atoms. The van der Waals surface area contributed by atoms with Crippen LogP contribution in [0.4, 0.5) is 0 Å². The van der Waals surface area contributed by atoms with Crippen molar-refractivity contribution in [1.29, 1.82) is 0 Å². The lowest BCUT2D eigenvalue weighted by Gasteiger charge is -2.23. The van der Waals surface area contributed by atoms with Gasteiger partial charge in [0, 0.05) is 24.9 Å². The van der Waals surface area contributed by atoms with Crippen molar-refractivity contribution in [3.05, 3.63) is 64.7 Å². The number of carbonyl (C=O) groups excluding carboxylic acids is 1. The predicted octanol–water partition coefficient (Wildman–Crippen LogP) is 2.64. The van der Waals surface area contributed by atoms with E-state index < -0.39 is 0 Å². The second-order valence-electron chi connectivity index (χ2n) is 7.19. The normalized spacial score (nSPS) is 16.8. The van der Waals surface area contributed by atoms with Crippen molar-refractivity contribution in [2.75, 3.05) is 19.7 Å². The molecule has 3 N–H and O–H groups in total. The van der Waals surface area contributed by atoms with Gasteiger partial charge in [0.15, 0.2) is 0 Å². The first-order valence-corrected chi connectivity index (χ1v) is 10.6. The Bertz CT molecular complexity index is 923. The summed E-state index contributed by atoms with van der Waals surface area (Å²) in [6.07, 6.45) is 2.77. The van der Waals surface area contributed by atoms with E-state index in [9.17, 15) is 9.90 Å². The zero-order valence-corrected chi connectivity index (χ0v) is 16.5. The molecule has 0 fully saturated rings. The molecule has 3 aromatic rings. The summed E-state index contributed by atoms with van der Waals surface area (Å²) in [5.41, 5.74) is 3.66. The van der Waals surface area contributed by atoms with Gasteiger partial charge in [0.25, 0.3) is 0 Å². The second kappa shape index (κ2) is 8.82. The van der Waals surface area contributed by atoms with Gasteiger partial charge in [0.1, 0.15) is 0 Å². The molecular weight excluding hydrogens is 370 g/mol. The van der Waals surface area contributed by atoms with Crippen molar-refractivity contribution in [2.24, 2.45) is 0 Å². The predicted molar refractivity (Wildman–Crippen MR) is 113 cm³/mol. The number of aliphatic hydroxyl groups is 1. The molecule has 2 unspecified atom stereocenters. The maximum Gasteiger partial charge on any atom is 0.233 e. The van der Waals surface area contributed by atoms with Gasteiger partial charge in [0.2, 0.25) is 5.91 Å². The number of thiazole rings is 1. The fourth-order valence-corrected chi connectivity index (χ4v) is 4.93. The summed E-state index contributed by atoms with van der Waals surface area (Å²) in [5.74, 6) is 0.211. The van der Waals surface area contributed by atoms with Crippen LogP contribution in [0.1, 0.15) is 28.5 Å². The highest BCUT2D eigenvalue weighted by molar-refractivity contribution is 7.18. The van der Waals surface area contributed by atoms with Gasteiger partial charge >= 0.3 is 0 Å². The highest BCUT2D eigenvalue weighted by Crippen LogP contribution is 2.35. The van der Waals surface area contributed by atoms with Crippen molar-refractivity contribution < 1.29 is 9.90 Å². The number of aliphatic hydroxyl groups excluding tert-OH is 1. The number of aryl methyl sites for hydroxylation is 1. The molecule has 2 atom stereocenters. The number of aromatic nitrogens is 1. The Morgan fingerprint density at radius 3 is 2.89 bits per heavy atom. The maximum absolute atomic E-state index is 12.2. The van der Waals surface area contributed by atoms with E-state index in [4.69, 9.17) is 0 Å². The van der Waals surface area contributed by atoms with Crippen LogP contribution >= 0.6 is 11.3 Å². The Morgan fingerprint density at radius 1 is 1.21 bits per heavy atom. The van der Waals surface area contributed by atoms with Crippen molar-refractivity contribution in [1.82, 2.24) is 15.6 Å². The monoisotopic (exact) mass is 395 g/mol. The molecule has 5 nitrogen and oxygen atoms in total. The van der Waals surface area contributed by atoms with Gasteiger partial charge in [-0.2, -0.15) is 0 Å². The van der Waals surface area contributed by atoms with Crippen LogP contribution in [0, 0.1) is 0 Å². The molecule has 1 aliphatic carbocycles. The number of hydrogen-bond acceptors (Lipinski definition) is 5. The average molecular weight is 396 g/mol. The van der Waals surface area contributed by atoms with Gasteiger partial charge in [-0.25, -0.2) is 4.98 Å². The molecule has 0 saturated heterocycles. The summed E-state index contributed by atoms with van der Waals surface area (Å²) in [5, 5.41) is 17.0. The number of para-hydroxylation sites is 1. The lowest BCUT2D eigenvalue weighted by atomic mass is 9.93. The van der Waals surface area contributed by atoms with Crippen molar-refractivity contribution in [3.63, 3.8) is 0 Å². The minimum Gasteiger partial charge on any atom is -0.395 e. The van der Waals surface area contributed by atoms with Gasteiger partial charge in [0.05, 0.1) is 28.4 Å². The molecule has 1 aliphatic rings. The number of nitrogens with one attached hydrogen (secondary N) is 2.